The number of nitrogens with two attached hydrogens (primary N) is 1. The molecule has 2 aromatic carbocycles. The van der Waals surface area contributed by atoms with Crippen LogP contribution in [-0.2, 0) is 14.8 Å². The van der Waals surface area contributed by atoms with Gasteiger partial charge in [-0.3, -0.25) is 9.52 Å². The van der Waals surface area contributed by atoms with Crippen LogP contribution >= 0.6 is 0 Å². The number of carbonyl (C=O) groups is 2. The average Bonchev–Trinajstić information content (AvgIpc) is 2.66. The Morgan fingerprint density at radius 2 is 1.64 bits per heavy atom. The molecule has 0 aliphatic carbocycles. The Morgan fingerprint density at radius 3 is 2.21 bits per heavy atom. The zero-order valence-corrected chi connectivity index (χ0v) is 16.0. The number of rotatable bonds is 8. The third-order valence-electron chi connectivity index (χ3n) is 3.50. The highest BCUT2D eigenvalue weighted by Crippen LogP contribution is 2.29. The standard InChI is InChI=1S/C17H20N4O6S/c1-26-13-6-3-11(4-7-13)21-28(24,25)15-9-12(5-8-14(15)27-2)20-16(22)10-19-17(18)23/h3-9,21H,10H2,1-2H3,(H,20,22)(H3,18,19,23). The van der Waals surface area contributed by atoms with Gasteiger partial charge in [-0.25, -0.2) is 13.2 Å². The Labute approximate surface area is 162 Å². The molecule has 0 saturated carbocycles. The third kappa shape index (κ3) is 5.51. The molecule has 0 fully saturated rings. The summed E-state index contributed by atoms with van der Waals surface area (Å²) in [6.45, 7) is -0.354. The summed E-state index contributed by atoms with van der Waals surface area (Å²) < 4.78 is 38.1. The van der Waals surface area contributed by atoms with Gasteiger partial charge in [0.1, 0.15) is 16.4 Å². The van der Waals surface area contributed by atoms with Gasteiger partial charge in [-0.1, -0.05) is 0 Å². The van der Waals surface area contributed by atoms with E-state index in [1.54, 1.807) is 24.3 Å². The van der Waals surface area contributed by atoms with Gasteiger partial charge in [-0.2, -0.15) is 0 Å². The van der Waals surface area contributed by atoms with Gasteiger partial charge in [-0.05, 0) is 42.5 Å². The predicted octanol–water partition coefficient (Wildman–Crippen LogP) is 1.11. The van der Waals surface area contributed by atoms with Crippen LogP contribution in [0.4, 0.5) is 16.2 Å². The van der Waals surface area contributed by atoms with E-state index in [9.17, 15) is 18.0 Å². The topological polar surface area (TPSA) is 149 Å². The Morgan fingerprint density at radius 1 is 1.00 bits per heavy atom. The molecule has 2 rings (SSSR count). The van der Waals surface area contributed by atoms with E-state index < -0.39 is 22.0 Å². The zero-order valence-electron chi connectivity index (χ0n) is 15.2. The van der Waals surface area contributed by atoms with Crippen molar-refractivity contribution in [1.82, 2.24) is 5.32 Å². The highest BCUT2D eigenvalue weighted by atomic mass is 32.2. The van der Waals surface area contributed by atoms with Crippen molar-refractivity contribution < 1.29 is 27.5 Å². The van der Waals surface area contributed by atoms with Crippen molar-refractivity contribution in [3.05, 3.63) is 42.5 Å². The molecule has 0 spiro atoms. The quantitative estimate of drug-likeness (QED) is 0.514. The maximum Gasteiger partial charge on any atom is 0.312 e. The van der Waals surface area contributed by atoms with Crippen molar-refractivity contribution in [2.24, 2.45) is 5.73 Å². The van der Waals surface area contributed by atoms with Gasteiger partial charge in [-0.15, -0.1) is 0 Å². The van der Waals surface area contributed by atoms with Crippen molar-refractivity contribution in [2.75, 3.05) is 30.8 Å². The van der Waals surface area contributed by atoms with Crippen LogP contribution in [0.2, 0.25) is 0 Å². The Balaban J connectivity index is 2.25. The maximum atomic E-state index is 12.8. The molecule has 0 radical (unpaired) electrons. The first-order valence-corrected chi connectivity index (χ1v) is 9.41. The number of nitrogens with one attached hydrogen (secondary N) is 3. The van der Waals surface area contributed by atoms with E-state index in [1.165, 1.54) is 32.4 Å². The minimum Gasteiger partial charge on any atom is -0.497 e. The van der Waals surface area contributed by atoms with Gasteiger partial charge in [0.2, 0.25) is 5.91 Å². The van der Waals surface area contributed by atoms with E-state index in [1.807, 2.05) is 0 Å². The number of benzene rings is 2. The summed E-state index contributed by atoms with van der Waals surface area (Å²) in [5, 5.41) is 4.60. The summed E-state index contributed by atoms with van der Waals surface area (Å²) in [7, 11) is -1.18. The minimum atomic E-state index is -4.02. The highest BCUT2D eigenvalue weighted by molar-refractivity contribution is 7.92. The van der Waals surface area contributed by atoms with Crippen LogP contribution in [0.5, 0.6) is 11.5 Å². The van der Waals surface area contributed by atoms with E-state index in [0.29, 0.717) is 11.4 Å². The lowest BCUT2D eigenvalue weighted by Crippen LogP contribution is -2.36. The Hall–Kier alpha value is -3.47. The molecule has 0 aliphatic rings. The third-order valence-corrected chi connectivity index (χ3v) is 4.90. The van der Waals surface area contributed by atoms with E-state index in [2.05, 4.69) is 15.4 Å². The molecule has 0 aromatic heterocycles. The number of anilines is 2. The summed E-state index contributed by atoms with van der Waals surface area (Å²) in [5.74, 6) is 0.0968. The van der Waals surface area contributed by atoms with Crippen LogP contribution in [0.3, 0.4) is 0 Å². The number of hydrogen-bond acceptors (Lipinski definition) is 6. The van der Waals surface area contributed by atoms with E-state index >= 15 is 0 Å². The van der Waals surface area contributed by atoms with Gasteiger partial charge >= 0.3 is 6.03 Å². The van der Waals surface area contributed by atoms with Crippen LogP contribution in [0, 0.1) is 0 Å². The van der Waals surface area contributed by atoms with Crippen LogP contribution in [0.1, 0.15) is 0 Å². The number of sulfonamides is 1. The molecular formula is C17H20N4O6S. The fourth-order valence-electron chi connectivity index (χ4n) is 2.21. The maximum absolute atomic E-state index is 12.8. The molecule has 0 aliphatic heterocycles. The van der Waals surface area contributed by atoms with Crippen molar-refractivity contribution in [2.45, 2.75) is 4.90 Å². The van der Waals surface area contributed by atoms with E-state index in [-0.39, 0.29) is 22.9 Å². The summed E-state index contributed by atoms with van der Waals surface area (Å²) in [6, 6.07) is 9.57. The zero-order chi connectivity index (χ0) is 20.7. The van der Waals surface area contributed by atoms with Crippen molar-refractivity contribution in [3.8, 4) is 11.5 Å². The molecule has 0 saturated heterocycles. The smallest absolute Gasteiger partial charge is 0.312 e. The lowest BCUT2D eigenvalue weighted by molar-refractivity contribution is -0.115. The van der Waals surface area contributed by atoms with Crippen LogP contribution < -0.4 is 30.6 Å². The van der Waals surface area contributed by atoms with Crippen LogP contribution in [0.25, 0.3) is 0 Å². The number of hydrogen-bond donors (Lipinski definition) is 4. The molecular weight excluding hydrogens is 388 g/mol. The number of carbonyl (C=O) groups excluding carboxylic acids is 2. The summed E-state index contributed by atoms with van der Waals surface area (Å²) >= 11 is 0. The Kier molecular flexibility index (Phi) is 6.66. The fraction of sp³-hybridized carbons (Fsp3) is 0.176. The highest BCUT2D eigenvalue weighted by Gasteiger charge is 2.21. The number of amides is 3. The molecule has 28 heavy (non-hydrogen) atoms. The average molecular weight is 408 g/mol. The molecule has 5 N–H and O–H groups in total. The SMILES string of the molecule is COc1ccc(NS(=O)(=O)c2cc(NC(=O)CNC(N)=O)ccc2OC)cc1. The van der Waals surface area contributed by atoms with Crippen molar-refractivity contribution >= 4 is 33.3 Å². The fourth-order valence-corrected chi connectivity index (χ4v) is 3.46. The minimum absolute atomic E-state index is 0.0919. The molecule has 150 valence electrons. The second-order valence-corrected chi connectivity index (χ2v) is 7.12. The predicted molar refractivity (Wildman–Crippen MR) is 103 cm³/mol. The lowest BCUT2D eigenvalue weighted by atomic mass is 10.3. The molecule has 3 amide bonds. The first kappa shape index (κ1) is 20.8. The molecule has 10 nitrogen and oxygen atoms in total. The number of urea groups is 1. The second kappa shape index (κ2) is 8.95. The molecule has 0 heterocycles. The van der Waals surface area contributed by atoms with Crippen molar-refractivity contribution in [3.63, 3.8) is 0 Å². The molecule has 0 bridgehead atoms. The van der Waals surface area contributed by atoms with Gasteiger partial charge in [0.05, 0.1) is 20.8 Å². The largest absolute Gasteiger partial charge is 0.497 e. The normalized spacial score (nSPS) is 10.6. The first-order valence-electron chi connectivity index (χ1n) is 7.93. The van der Waals surface area contributed by atoms with Crippen molar-refractivity contribution in [1.29, 1.82) is 0 Å². The van der Waals surface area contributed by atoms with Crippen LogP contribution in [-0.4, -0.2) is 41.1 Å². The van der Waals surface area contributed by atoms with Gasteiger partial charge in [0.25, 0.3) is 10.0 Å². The summed E-state index contributed by atoms with van der Waals surface area (Å²) in [6.07, 6.45) is 0. The first-order chi connectivity index (χ1) is 13.2. The van der Waals surface area contributed by atoms with Gasteiger partial charge in [0.15, 0.2) is 0 Å². The summed E-state index contributed by atoms with van der Waals surface area (Å²) in [5.41, 5.74) is 5.43. The Bertz CT molecular complexity index is 960. The van der Waals surface area contributed by atoms with Crippen LogP contribution in [0.15, 0.2) is 47.4 Å². The summed E-state index contributed by atoms with van der Waals surface area (Å²) in [4.78, 5) is 22.3. The molecule has 2 aromatic rings. The molecule has 0 atom stereocenters. The lowest BCUT2D eigenvalue weighted by Gasteiger charge is -2.14. The monoisotopic (exact) mass is 408 g/mol. The molecule has 0 unspecified atom stereocenters. The second-order valence-electron chi connectivity index (χ2n) is 5.47. The number of methoxy groups -OCH3 is 2. The number of primary amides is 1. The van der Waals surface area contributed by atoms with Gasteiger partial charge < -0.3 is 25.8 Å². The molecule has 11 heteroatoms. The number of ether oxygens (including phenoxy) is 2. The van der Waals surface area contributed by atoms with Gasteiger partial charge in [0, 0.05) is 11.4 Å². The van der Waals surface area contributed by atoms with E-state index in [0.717, 1.165) is 0 Å². The van der Waals surface area contributed by atoms with E-state index in [4.69, 9.17) is 15.2 Å².